The van der Waals surface area contributed by atoms with E-state index in [-0.39, 0.29) is 19.0 Å². The average Bonchev–Trinajstić information content (AvgIpc) is 2.28. The summed E-state index contributed by atoms with van der Waals surface area (Å²) in [6.45, 7) is -0.0297. The summed E-state index contributed by atoms with van der Waals surface area (Å²) in [6, 6.07) is 5.19. The molecule has 0 aliphatic heterocycles. The van der Waals surface area contributed by atoms with E-state index in [0.29, 0.717) is 5.56 Å². The summed E-state index contributed by atoms with van der Waals surface area (Å²) >= 11 is 0. The molecule has 0 saturated heterocycles. The fourth-order valence-corrected chi connectivity index (χ4v) is 0.999. The van der Waals surface area contributed by atoms with E-state index in [2.05, 4.69) is 5.32 Å². The summed E-state index contributed by atoms with van der Waals surface area (Å²) in [5.41, 5.74) is 5.22. The Morgan fingerprint density at radius 2 is 2.06 bits per heavy atom. The van der Waals surface area contributed by atoms with Crippen LogP contribution in [0.3, 0.4) is 0 Å². The van der Waals surface area contributed by atoms with Crippen LogP contribution in [0, 0.1) is 5.82 Å². The van der Waals surface area contributed by atoms with Crippen LogP contribution in [0.1, 0.15) is 5.56 Å². The molecule has 2 amide bonds. The number of urea groups is 1. The maximum Gasteiger partial charge on any atom is 0.321 e. The van der Waals surface area contributed by atoms with Gasteiger partial charge in [-0.25, -0.2) is 9.18 Å². The maximum atomic E-state index is 13.1. The normalized spacial score (nSPS) is 10.4. The zero-order valence-corrected chi connectivity index (χ0v) is 9.43. The van der Waals surface area contributed by atoms with Crippen LogP contribution in [0.5, 0.6) is 0 Å². The molecule has 8 heteroatoms. The summed E-state index contributed by atoms with van der Waals surface area (Å²) in [6.07, 6.45) is 0. The molecule has 0 heterocycles. The molecule has 0 radical (unpaired) electrons. The molecular weight excluding hydrogens is 254 g/mol. The van der Waals surface area contributed by atoms with Gasteiger partial charge in [0.15, 0.2) is 0 Å². The Hall–Kier alpha value is -1.89. The third-order valence-corrected chi connectivity index (χ3v) is 1.73. The number of rotatable bonds is 2. The van der Waals surface area contributed by atoms with Crippen LogP contribution < -0.4 is 16.4 Å². The van der Waals surface area contributed by atoms with Gasteiger partial charge in [0.25, 0.3) is 0 Å². The van der Waals surface area contributed by atoms with E-state index < -0.39 is 17.8 Å². The lowest BCUT2D eigenvalue weighted by Crippen LogP contribution is -2.42. The van der Waals surface area contributed by atoms with Crippen molar-refractivity contribution in [1.29, 1.82) is 0 Å². The molecule has 0 unspecified atom stereocenters. The molecule has 1 rings (SSSR count). The van der Waals surface area contributed by atoms with Gasteiger partial charge in [0, 0.05) is 12.1 Å². The van der Waals surface area contributed by atoms with Crippen LogP contribution in [-0.2, 0) is 6.54 Å². The highest BCUT2D eigenvalue weighted by molar-refractivity contribution is 5.94. The minimum absolute atomic E-state index is 0. The van der Waals surface area contributed by atoms with Crippen LogP contribution in [-0.4, -0.2) is 12.0 Å². The van der Waals surface area contributed by atoms with E-state index >= 15 is 0 Å². The summed E-state index contributed by atoms with van der Waals surface area (Å²) in [5.74, 6) is -1.10. The number of nitrogens with two attached hydrogens (primary N) is 1. The third kappa shape index (κ3) is 5.12. The summed E-state index contributed by atoms with van der Waals surface area (Å²) < 4.78 is 24.6. The highest BCUT2D eigenvalue weighted by Crippen LogP contribution is 2.04. The van der Waals surface area contributed by atoms with Crippen molar-refractivity contribution < 1.29 is 13.7 Å². The van der Waals surface area contributed by atoms with Gasteiger partial charge in [-0.3, -0.25) is 5.32 Å². The smallest absolute Gasteiger partial charge is 0.321 e. The molecule has 4 N–H and O–H groups in total. The van der Waals surface area contributed by atoms with Crippen LogP contribution in [0.15, 0.2) is 29.5 Å². The highest BCUT2D eigenvalue weighted by Gasteiger charge is 2.04. The van der Waals surface area contributed by atoms with Crippen molar-refractivity contribution in [3.63, 3.8) is 0 Å². The zero-order chi connectivity index (χ0) is 12.0. The standard InChI is InChI=1S/C9H10F2N4O.ClH/c10-7-4-2-1-3-6(7)5-13-9(16)14-8(12)15-11;/h1-4H,5H2,(H4,12,13,14,15,16);1H. The van der Waals surface area contributed by atoms with Crippen LogP contribution >= 0.6 is 12.4 Å². The van der Waals surface area contributed by atoms with Gasteiger partial charge in [0.1, 0.15) is 5.82 Å². The molecule has 0 saturated carbocycles. The van der Waals surface area contributed by atoms with Gasteiger partial charge in [-0.15, -0.1) is 12.4 Å². The average molecular weight is 265 g/mol. The second kappa shape index (κ2) is 7.39. The Kier molecular flexibility index (Phi) is 6.57. The molecule has 17 heavy (non-hydrogen) atoms. The number of carbonyl (C=O) groups is 1. The van der Waals surface area contributed by atoms with Gasteiger partial charge in [-0.05, 0) is 6.07 Å². The van der Waals surface area contributed by atoms with E-state index in [1.165, 1.54) is 18.2 Å². The molecule has 0 bridgehead atoms. The van der Waals surface area contributed by atoms with E-state index in [4.69, 9.17) is 5.73 Å². The fourth-order valence-electron chi connectivity index (χ4n) is 0.999. The molecular formula is C9H11ClF2N4O. The van der Waals surface area contributed by atoms with Crippen LogP contribution in [0.2, 0.25) is 0 Å². The SMILES string of the molecule is Cl.NC(=NF)NC(=O)NCc1ccccc1F. The van der Waals surface area contributed by atoms with Crippen molar-refractivity contribution in [2.45, 2.75) is 6.54 Å². The largest absolute Gasteiger partial charge is 0.367 e. The number of hydrogen-bond donors (Lipinski definition) is 3. The van der Waals surface area contributed by atoms with Gasteiger partial charge in [0.2, 0.25) is 5.96 Å². The lowest BCUT2D eigenvalue weighted by molar-refractivity contribution is 0.244. The number of nitrogens with one attached hydrogen (secondary N) is 2. The van der Waals surface area contributed by atoms with E-state index in [9.17, 15) is 13.7 Å². The number of amides is 2. The van der Waals surface area contributed by atoms with Crippen LogP contribution in [0.25, 0.3) is 0 Å². The minimum atomic E-state index is -0.762. The molecule has 0 aliphatic carbocycles. The van der Waals surface area contributed by atoms with Crippen molar-refractivity contribution >= 4 is 24.4 Å². The number of benzene rings is 1. The highest BCUT2D eigenvalue weighted by atomic mass is 35.5. The van der Waals surface area contributed by atoms with E-state index in [0.717, 1.165) is 0 Å². The Bertz CT molecular complexity index is 414. The number of halogens is 3. The first-order valence-electron chi connectivity index (χ1n) is 4.36. The first-order chi connectivity index (χ1) is 7.63. The predicted octanol–water partition coefficient (Wildman–Crippen LogP) is 1.25. The molecule has 0 spiro atoms. The molecule has 0 aliphatic rings. The van der Waals surface area contributed by atoms with Gasteiger partial charge in [-0.2, -0.15) is 0 Å². The van der Waals surface area contributed by atoms with Gasteiger partial charge >= 0.3 is 6.03 Å². The first kappa shape index (κ1) is 15.1. The van der Waals surface area contributed by atoms with Gasteiger partial charge < -0.3 is 11.1 Å². The van der Waals surface area contributed by atoms with Crippen LogP contribution in [0.4, 0.5) is 13.7 Å². The quantitative estimate of drug-likeness (QED) is 0.555. The number of nitrogens with zero attached hydrogens (tertiary/aromatic N) is 1. The maximum absolute atomic E-state index is 13.1. The monoisotopic (exact) mass is 264 g/mol. The third-order valence-electron chi connectivity index (χ3n) is 1.73. The summed E-state index contributed by atoms with van der Waals surface area (Å²) in [5, 5.41) is 6.24. The Morgan fingerprint density at radius 1 is 1.41 bits per heavy atom. The van der Waals surface area contributed by atoms with Crippen molar-refractivity contribution in [2.75, 3.05) is 0 Å². The second-order valence-corrected chi connectivity index (χ2v) is 2.87. The summed E-state index contributed by atoms with van der Waals surface area (Å²) in [7, 11) is 0. The van der Waals surface area contributed by atoms with Crippen molar-refractivity contribution in [3.8, 4) is 0 Å². The topological polar surface area (TPSA) is 79.5 Å². The fraction of sp³-hybridized carbons (Fsp3) is 0.111. The Balaban J connectivity index is 0.00000256. The van der Waals surface area contributed by atoms with Gasteiger partial charge in [0.05, 0.1) is 0 Å². The van der Waals surface area contributed by atoms with E-state index in [1.54, 1.807) is 6.07 Å². The zero-order valence-electron chi connectivity index (χ0n) is 8.61. The predicted molar refractivity (Wildman–Crippen MR) is 61.7 cm³/mol. The second-order valence-electron chi connectivity index (χ2n) is 2.87. The molecule has 5 nitrogen and oxygen atoms in total. The minimum Gasteiger partial charge on any atom is -0.367 e. The van der Waals surface area contributed by atoms with Crippen molar-refractivity contribution in [3.05, 3.63) is 35.6 Å². The first-order valence-corrected chi connectivity index (χ1v) is 4.36. The lowest BCUT2D eigenvalue weighted by Gasteiger charge is -2.06. The molecule has 1 aromatic carbocycles. The lowest BCUT2D eigenvalue weighted by atomic mass is 10.2. The number of guanidine groups is 1. The number of hydrogen-bond acceptors (Lipinski definition) is 2. The Morgan fingerprint density at radius 3 is 2.65 bits per heavy atom. The van der Waals surface area contributed by atoms with Gasteiger partial charge in [-0.1, -0.05) is 27.9 Å². The molecule has 94 valence electrons. The molecule has 0 fully saturated rings. The van der Waals surface area contributed by atoms with E-state index in [1.807, 2.05) is 10.5 Å². The Labute approximate surface area is 102 Å². The molecule has 0 atom stereocenters. The number of carbonyl (C=O) groups excluding carboxylic acids is 1. The summed E-state index contributed by atoms with van der Waals surface area (Å²) in [4.78, 5) is 11.0. The molecule has 1 aromatic rings. The van der Waals surface area contributed by atoms with Crippen molar-refractivity contribution in [1.82, 2.24) is 10.6 Å². The molecule has 0 aromatic heterocycles. The van der Waals surface area contributed by atoms with Crippen molar-refractivity contribution in [2.24, 2.45) is 10.9 Å².